The van der Waals surface area contributed by atoms with Crippen LogP contribution < -0.4 is 16.0 Å². The molecule has 21 heavy (non-hydrogen) atoms. The average molecular weight is 300 g/mol. The Hall–Kier alpha value is -1.46. The lowest BCUT2D eigenvalue weighted by Gasteiger charge is -2.26. The molecule has 0 bridgehead atoms. The maximum atomic E-state index is 11.9. The number of amides is 1. The third-order valence-corrected chi connectivity index (χ3v) is 2.65. The van der Waals surface area contributed by atoms with Crippen LogP contribution in [0.5, 0.6) is 0 Å². The van der Waals surface area contributed by atoms with Gasteiger partial charge < -0.3 is 20.7 Å². The normalized spacial score (nSPS) is 14.1. The molecule has 1 amide bonds. The van der Waals surface area contributed by atoms with Gasteiger partial charge in [0.15, 0.2) is 5.96 Å². The monoisotopic (exact) mass is 300 g/mol. The minimum absolute atomic E-state index is 0.0365. The molecular weight excluding hydrogens is 268 g/mol. The first-order chi connectivity index (χ1) is 9.55. The number of hydrogen-bond acceptors (Lipinski definition) is 3. The molecule has 0 saturated heterocycles. The number of nitrogens with zero attached hydrogens (tertiary/aromatic N) is 1. The molecule has 0 radical (unpaired) electrons. The van der Waals surface area contributed by atoms with Crippen molar-refractivity contribution in [2.24, 2.45) is 10.9 Å². The summed E-state index contributed by atoms with van der Waals surface area (Å²) in [7, 11) is 1.73. The van der Waals surface area contributed by atoms with Gasteiger partial charge in [-0.25, -0.2) is 4.79 Å². The van der Waals surface area contributed by atoms with E-state index in [4.69, 9.17) is 4.74 Å². The molecule has 3 N–H and O–H groups in total. The molecular formula is C15H32N4O2. The summed E-state index contributed by atoms with van der Waals surface area (Å²) in [5, 5.41) is 9.33. The van der Waals surface area contributed by atoms with E-state index in [1.165, 1.54) is 0 Å². The molecule has 6 heteroatoms. The zero-order valence-electron chi connectivity index (χ0n) is 14.7. The standard InChI is InChI=1S/C15H32N4O2/c1-10(2)12(19-14(20)21-15(5,6)7)9-17-13(16-8)18-11(3)4/h10-12H,9H2,1-8H3,(H,19,20)(H2,16,17,18). The van der Waals surface area contributed by atoms with Crippen LogP contribution in [0.25, 0.3) is 0 Å². The second-order valence-electron chi connectivity index (χ2n) is 6.75. The van der Waals surface area contributed by atoms with E-state index in [-0.39, 0.29) is 12.0 Å². The van der Waals surface area contributed by atoms with E-state index >= 15 is 0 Å². The summed E-state index contributed by atoms with van der Waals surface area (Å²) >= 11 is 0. The van der Waals surface area contributed by atoms with Gasteiger partial charge in [-0.05, 0) is 40.5 Å². The van der Waals surface area contributed by atoms with E-state index in [0.717, 1.165) is 5.96 Å². The van der Waals surface area contributed by atoms with Crippen LogP contribution in [-0.4, -0.2) is 43.3 Å². The smallest absolute Gasteiger partial charge is 0.407 e. The number of carbonyl (C=O) groups is 1. The van der Waals surface area contributed by atoms with Crippen LogP contribution in [0.4, 0.5) is 4.79 Å². The van der Waals surface area contributed by atoms with Gasteiger partial charge in [0.25, 0.3) is 0 Å². The molecule has 0 aromatic heterocycles. The predicted molar refractivity (Wildman–Crippen MR) is 87.6 cm³/mol. The van der Waals surface area contributed by atoms with Crippen LogP contribution in [0, 0.1) is 5.92 Å². The molecule has 0 aromatic rings. The second-order valence-corrected chi connectivity index (χ2v) is 6.75. The van der Waals surface area contributed by atoms with Crippen molar-refractivity contribution < 1.29 is 9.53 Å². The van der Waals surface area contributed by atoms with Crippen LogP contribution in [0.2, 0.25) is 0 Å². The molecule has 0 rings (SSSR count). The van der Waals surface area contributed by atoms with E-state index in [0.29, 0.717) is 12.6 Å². The van der Waals surface area contributed by atoms with Gasteiger partial charge in [-0.15, -0.1) is 0 Å². The number of alkyl carbamates (subject to hydrolysis) is 1. The highest BCUT2D eigenvalue weighted by Crippen LogP contribution is 2.08. The zero-order chi connectivity index (χ0) is 16.6. The maximum absolute atomic E-state index is 11.9. The fourth-order valence-corrected chi connectivity index (χ4v) is 1.59. The van der Waals surface area contributed by atoms with Crippen LogP contribution in [0.15, 0.2) is 4.99 Å². The van der Waals surface area contributed by atoms with Crippen molar-refractivity contribution in [2.75, 3.05) is 13.6 Å². The molecule has 1 unspecified atom stereocenters. The molecule has 0 spiro atoms. The van der Waals surface area contributed by atoms with Gasteiger partial charge in [-0.1, -0.05) is 13.8 Å². The van der Waals surface area contributed by atoms with E-state index < -0.39 is 11.7 Å². The topological polar surface area (TPSA) is 74.8 Å². The van der Waals surface area contributed by atoms with Crippen molar-refractivity contribution in [3.63, 3.8) is 0 Å². The Morgan fingerprint density at radius 1 is 1.14 bits per heavy atom. The Morgan fingerprint density at radius 3 is 2.10 bits per heavy atom. The van der Waals surface area contributed by atoms with E-state index in [2.05, 4.69) is 34.8 Å². The Labute approximate surface area is 129 Å². The fourth-order valence-electron chi connectivity index (χ4n) is 1.59. The molecule has 0 saturated carbocycles. The zero-order valence-corrected chi connectivity index (χ0v) is 14.7. The molecule has 0 aliphatic rings. The Kier molecular flexibility index (Phi) is 8.14. The molecule has 6 nitrogen and oxygen atoms in total. The van der Waals surface area contributed by atoms with Gasteiger partial charge >= 0.3 is 6.09 Å². The van der Waals surface area contributed by atoms with Gasteiger partial charge in [0.05, 0.1) is 6.04 Å². The molecule has 0 aromatic carbocycles. The van der Waals surface area contributed by atoms with Crippen molar-refractivity contribution >= 4 is 12.1 Å². The molecule has 1 atom stereocenters. The van der Waals surface area contributed by atoms with Crippen LogP contribution in [0.1, 0.15) is 48.5 Å². The molecule has 124 valence electrons. The number of guanidine groups is 1. The number of ether oxygens (including phenoxy) is 1. The summed E-state index contributed by atoms with van der Waals surface area (Å²) in [5.41, 5.74) is -0.492. The fraction of sp³-hybridized carbons (Fsp3) is 0.867. The minimum Gasteiger partial charge on any atom is -0.444 e. The van der Waals surface area contributed by atoms with Gasteiger partial charge in [-0.2, -0.15) is 0 Å². The van der Waals surface area contributed by atoms with Crippen molar-refractivity contribution in [2.45, 2.75) is 66.2 Å². The summed E-state index contributed by atoms with van der Waals surface area (Å²) in [6.45, 7) is 14.3. The van der Waals surface area contributed by atoms with E-state index in [1.807, 2.05) is 34.6 Å². The van der Waals surface area contributed by atoms with Gasteiger partial charge in [-0.3, -0.25) is 4.99 Å². The van der Waals surface area contributed by atoms with E-state index in [1.54, 1.807) is 7.05 Å². The van der Waals surface area contributed by atoms with E-state index in [9.17, 15) is 4.79 Å². The summed E-state index contributed by atoms with van der Waals surface area (Å²) in [6.07, 6.45) is -0.394. The first-order valence-corrected chi connectivity index (χ1v) is 7.52. The lowest BCUT2D eigenvalue weighted by molar-refractivity contribution is 0.0491. The highest BCUT2D eigenvalue weighted by Gasteiger charge is 2.21. The Morgan fingerprint density at radius 2 is 1.71 bits per heavy atom. The lowest BCUT2D eigenvalue weighted by atomic mass is 10.0. The molecule has 0 aliphatic heterocycles. The first-order valence-electron chi connectivity index (χ1n) is 7.52. The van der Waals surface area contributed by atoms with Crippen LogP contribution in [0.3, 0.4) is 0 Å². The SMILES string of the molecule is CN=C(NCC(NC(=O)OC(C)(C)C)C(C)C)NC(C)C. The van der Waals surface area contributed by atoms with Crippen LogP contribution in [-0.2, 0) is 4.74 Å². The van der Waals surface area contributed by atoms with Crippen molar-refractivity contribution in [3.05, 3.63) is 0 Å². The number of aliphatic imine (C=N–C) groups is 1. The van der Waals surface area contributed by atoms with Gasteiger partial charge in [0, 0.05) is 19.6 Å². The number of rotatable bonds is 5. The predicted octanol–water partition coefficient (Wildman–Crippen LogP) is 2.11. The second kappa shape index (κ2) is 8.74. The Bertz CT molecular complexity index is 346. The van der Waals surface area contributed by atoms with Gasteiger partial charge in [0.1, 0.15) is 5.60 Å². The third kappa shape index (κ3) is 9.98. The minimum atomic E-state index is -0.492. The summed E-state index contributed by atoms with van der Waals surface area (Å²) < 4.78 is 5.29. The number of nitrogens with one attached hydrogen (secondary N) is 3. The number of hydrogen-bond donors (Lipinski definition) is 3. The third-order valence-electron chi connectivity index (χ3n) is 2.65. The summed E-state index contributed by atoms with van der Waals surface area (Å²) in [5.74, 6) is 1.00. The largest absolute Gasteiger partial charge is 0.444 e. The first kappa shape index (κ1) is 19.5. The lowest BCUT2D eigenvalue weighted by Crippen LogP contribution is -2.51. The van der Waals surface area contributed by atoms with Crippen molar-refractivity contribution in [3.8, 4) is 0 Å². The number of carbonyl (C=O) groups excluding carboxylic acids is 1. The van der Waals surface area contributed by atoms with Crippen molar-refractivity contribution in [1.29, 1.82) is 0 Å². The van der Waals surface area contributed by atoms with Crippen LogP contribution >= 0.6 is 0 Å². The van der Waals surface area contributed by atoms with Gasteiger partial charge in [0.2, 0.25) is 0 Å². The van der Waals surface area contributed by atoms with Crippen molar-refractivity contribution in [1.82, 2.24) is 16.0 Å². The highest BCUT2D eigenvalue weighted by atomic mass is 16.6. The molecule has 0 heterocycles. The maximum Gasteiger partial charge on any atom is 0.407 e. The molecule has 0 fully saturated rings. The summed E-state index contributed by atoms with van der Waals surface area (Å²) in [4.78, 5) is 16.0. The highest BCUT2D eigenvalue weighted by molar-refractivity contribution is 5.80. The molecule has 0 aliphatic carbocycles. The Balaban J connectivity index is 4.47. The summed E-state index contributed by atoms with van der Waals surface area (Å²) in [6, 6.07) is 0.262. The quantitative estimate of drug-likeness (QED) is 0.537. The average Bonchev–Trinajstić information content (AvgIpc) is 2.29.